The molecule has 1 N–H and O–H groups in total. The smallest absolute Gasteiger partial charge is 0.255 e. The van der Waals surface area contributed by atoms with Crippen molar-refractivity contribution < 1.29 is 9.59 Å². The highest BCUT2D eigenvalue weighted by Gasteiger charge is 2.09. The Balaban J connectivity index is 2.25. The number of aromatic nitrogens is 1. The van der Waals surface area contributed by atoms with Crippen molar-refractivity contribution in [2.45, 2.75) is 0 Å². The van der Waals surface area contributed by atoms with Crippen LogP contribution in [0.2, 0.25) is 0 Å². The molecule has 0 aliphatic rings. The van der Waals surface area contributed by atoms with Crippen molar-refractivity contribution in [3.05, 3.63) is 58.8 Å². The van der Waals surface area contributed by atoms with Crippen LogP contribution in [0.3, 0.4) is 0 Å². The van der Waals surface area contributed by atoms with Crippen molar-refractivity contribution in [2.75, 3.05) is 5.32 Å². The van der Waals surface area contributed by atoms with Gasteiger partial charge < -0.3 is 5.32 Å². The number of hydrogen-bond donors (Lipinski definition) is 1. The Bertz CT molecular complexity index is 641. The van der Waals surface area contributed by atoms with Crippen LogP contribution >= 0.6 is 0 Å². The number of nitrogens with one attached hydrogen (secondary N) is 1. The van der Waals surface area contributed by atoms with Crippen LogP contribution in [0.4, 0.5) is 11.4 Å². The van der Waals surface area contributed by atoms with E-state index in [-0.39, 0.29) is 16.8 Å². The maximum atomic E-state index is 12.0. The average molecular weight is 255 g/mol. The van der Waals surface area contributed by atoms with Crippen LogP contribution < -0.4 is 5.32 Å². The fraction of sp³-hybridized carbons (Fsp3) is 0. The lowest BCUT2D eigenvalue weighted by molar-refractivity contribution is 0.102. The van der Waals surface area contributed by atoms with Crippen LogP contribution in [-0.2, 0) is 0 Å². The highest BCUT2D eigenvalue weighted by Crippen LogP contribution is 2.16. The molecule has 0 saturated heterocycles. The van der Waals surface area contributed by atoms with Crippen LogP contribution in [0.5, 0.6) is 0 Å². The van der Waals surface area contributed by atoms with E-state index in [1.165, 1.54) is 30.6 Å². The van der Waals surface area contributed by atoms with E-state index < -0.39 is 5.91 Å². The first-order valence-electron chi connectivity index (χ1n) is 5.38. The first-order valence-corrected chi connectivity index (χ1v) is 5.38. The van der Waals surface area contributed by atoms with Crippen LogP contribution in [0.25, 0.3) is 0 Å². The van der Waals surface area contributed by atoms with Crippen LogP contribution in [0.1, 0.15) is 20.7 Å². The SMILES string of the molecule is O=Cc1cnccc1NC(=O)c1cccc(N=O)c1. The molecule has 19 heavy (non-hydrogen) atoms. The van der Waals surface area contributed by atoms with E-state index in [2.05, 4.69) is 15.5 Å². The van der Waals surface area contributed by atoms with Gasteiger partial charge in [0.15, 0.2) is 6.29 Å². The number of nitrogens with zero attached hydrogens (tertiary/aromatic N) is 2. The van der Waals surface area contributed by atoms with Gasteiger partial charge in [0.25, 0.3) is 5.91 Å². The summed E-state index contributed by atoms with van der Waals surface area (Å²) in [5, 5.41) is 5.33. The van der Waals surface area contributed by atoms with E-state index in [0.717, 1.165) is 0 Å². The standard InChI is InChI=1S/C13H9N3O3/c17-8-10-7-14-5-4-12(10)15-13(18)9-2-1-3-11(6-9)16-19/h1-8H,(H,14,15,18). The molecule has 0 unspecified atom stereocenters. The third kappa shape index (κ3) is 2.86. The van der Waals surface area contributed by atoms with Crippen molar-refractivity contribution in [3.63, 3.8) is 0 Å². The maximum Gasteiger partial charge on any atom is 0.255 e. The van der Waals surface area contributed by atoms with Crippen molar-refractivity contribution in [3.8, 4) is 0 Å². The molecule has 6 heteroatoms. The molecule has 6 nitrogen and oxygen atoms in total. The van der Waals surface area contributed by atoms with E-state index in [1.807, 2.05) is 0 Å². The van der Waals surface area contributed by atoms with Gasteiger partial charge in [-0.15, -0.1) is 4.91 Å². The van der Waals surface area contributed by atoms with Gasteiger partial charge in [0.2, 0.25) is 0 Å². The van der Waals surface area contributed by atoms with Gasteiger partial charge in [-0.05, 0) is 29.4 Å². The summed E-state index contributed by atoms with van der Waals surface area (Å²) >= 11 is 0. The lowest BCUT2D eigenvalue weighted by Gasteiger charge is -2.06. The second kappa shape index (κ2) is 5.63. The van der Waals surface area contributed by atoms with Crippen molar-refractivity contribution in [1.29, 1.82) is 0 Å². The van der Waals surface area contributed by atoms with E-state index >= 15 is 0 Å². The molecule has 1 amide bonds. The van der Waals surface area contributed by atoms with Crippen LogP contribution in [-0.4, -0.2) is 17.2 Å². The summed E-state index contributed by atoms with van der Waals surface area (Å²) in [6.45, 7) is 0. The molecule has 0 radical (unpaired) electrons. The summed E-state index contributed by atoms with van der Waals surface area (Å²) in [5.74, 6) is -0.431. The minimum Gasteiger partial charge on any atom is -0.321 e. The largest absolute Gasteiger partial charge is 0.321 e. The maximum absolute atomic E-state index is 12.0. The summed E-state index contributed by atoms with van der Waals surface area (Å²) in [4.78, 5) is 36.9. The van der Waals surface area contributed by atoms with Gasteiger partial charge in [0.1, 0.15) is 5.69 Å². The van der Waals surface area contributed by atoms with Crippen molar-refractivity contribution >= 4 is 23.6 Å². The first kappa shape index (κ1) is 12.6. The molecule has 94 valence electrons. The second-order valence-corrected chi connectivity index (χ2v) is 3.68. The summed E-state index contributed by atoms with van der Waals surface area (Å²) < 4.78 is 0. The van der Waals surface area contributed by atoms with Gasteiger partial charge in [-0.2, -0.15) is 0 Å². The molecule has 1 aromatic carbocycles. The fourth-order valence-electron chi connectivity index (χ4n) is 1.51. The molecule has 0 atom stereocenters. The number of rotatable bonds is 4. The summed E-state index contributed by atoms with van der Waals surface area (Å²) in [7, 11) is 0. The monoisotopic (exact) mass is 255 g/mol. The highest BCUT2D eigenvalue weighted by atomic mass is 16.3. The van der Waals surface area contributed by atoms with Gasteiger partial charge >= 0.3 is 0 Å². The summed E-state index contributed by atoms with van der Waals surface area (Å²) in [6.07, 6.45) is 3.42. The van der Waals surface area contributed by atoms with Gasteiger partial charge in [0, 0.05) is 18.0 Å². The average Bonchev–Trinajstić information content (AvgIpc) is 2.47. The van der Waals surface area contributed by atoms with Crippen molar-refractivity contribution in [2.24, 2.45) is 5.18 Å². The third-order valence-electron chi connectivity index (χ3n) is 2.44. The number of aldehydes is 1. The number of amides is 1. The van der Waals surface area contributed by atoms with Gasteiger partial charge in [-0.1, -0.05) is 6.07 Å². The molecular formula is C13H9N3O3. The minimum absolute atomic E-state index is 0.165. The lowest BCUT2D eigenvalue weighted by atomic mass is 10.1. The normalized spacial score (nSPS) is 9.68. The minimum atomic E-state index is -0.431. The number of nitroso groups, excluding NO2 is 1. The van der Waals surface area contributed by atoms with E-state index in [4.69, 9.17) is 0 Å². The Hall–Kier alpha value is -2.89. The molecule has 1 aromatic heterocycles. The van der Waals surface area contributed by atoms with E-state index in [0.29, 0.717) is 12.0 Å². The Morgan fingerprint density at radius 3 is 2.89 bits per heavy atom. The number of carbonyl (C=O) groups excluding carboxylic acids is 2. The molecule has 1 heterocycles. The number of carbonyl (C=O) groups is 2. The Morgan fingerprint density at radius 2 is 2.16 bits per heavy atom. The van der Waals surface area contributed by atoms with Crippen LogP contribution in [0.15, 0.2) is 47.9 Å². The molecule has 0 spiro atoms. The second-order valence-electron chi connectivity index (χ2n) is 3.68. The fourth-order valence-corrected chi connectivity index (χ4v) is 1.51. The number of benzene rings is 1. The molecule has 2 rings (SSSR count). The van der Waals surface area contributed by atoms with Crippen LogP contribution in [0, 0.1) is 4.91 Å². The highest BCUT2D eigenvalue weighted by molar-refractivity contribution is 6.06. The predicted octanol–water partition coefficient (Wildman–Crippen LogP) is 2.54. The molecule has 0 bridgehead atoms. The Morgan fingerprint density at radius 1 is 1.32 bits per heavy atom. The number of anilines is 1. The zero-order chi connectivity index (χ0) is 13.7. The van der Waals surface area contributed by atoms with Gasteiger partial charge in [0.05, 0.1) is 11.3 Å². The molecule has 0 aliphatic carbocycles. The molecule has 0 aliphatic heterocycles. The molecular weight excluding hydrogens is 246 g/mol. The molecule has 2 aromatic rings. The Kier molecular flexibility index (Phi) is 3.72. The lowest BCUT2D eigenvalue weighted by Crippen LogP contribution is -2.13. The molecule has 0 saturated carbocycles. The number of hydrogen-bond acceptors (Lipinski definition) is 5. The third-order valence-corrected chi connectivity index (χ3v) is 2.44. The molecule has 0 fully saturated rings. The zero-order valence-corrected chi connectivity index (χ0v) is 9.74. The summed E-state index contributed by atoms with van der Waals surface area (Å²) in [5.41, 5.74) is 1.09. The Labute approximate surface area is 108 Å². The summed E-state index contributed by atoms with van der Waals surface area (Å²) in [6, 6.07) is 7.48. The number of pyridine rings is 1. The van der Waals surface area contributed by atoms with E-state index in [9.17, 15) is 14.5 Å². The predicted molar refractivity (Wildman–Crippen MR) is 69.5 cm³/mol. The zero-order valence-electron chi connectivity index (χ0n) is 9.74. The van der Waals surface area contributed by atoms with E-state index in [1.54, 1.807) is 12.1 Å². The topological polar surface area (TPSA) is 88.5 Å². The quantitative estimate of drug-likeness (QED) is 0.671. The van der Waals surface area contributed by atoms with Crippen molar-refractivity contribution in [1.82, 2.24) is 4.98 Å². The first-order chi connectivity index (χ1) is 9.24. The van der Waals surface area contributed by atoms with Gasteiger partial charge in [-0.3, -0.25) is 14.6 Å². The van der Waals surface area contributed by atoms with Gasteiger partial charge in [-0.25, -0.2) is 0 Å².